The molecule has 0 saturated carbocycles. The number of rotatable bonds is 4. The highest BCUT2D eigenvalue weighted by atomic mass is 16.2. The fraction of sp³-hybridized carbons (Fsp3) is 0.154. The van der Waals surface area contributed by atoms with Crippen molar-refractivity contribution in [3.8, 4) is 0 Å². The van der Waals surface area contributed by atoms with Gasteiger partial charge in [0.2, 0.25) is 0 Å². The molecule has 2 rings (SSSR count). The Hall–Kier alpha value is -2.63. The minimum absolute atomic E-state index is 0.158. The van der Waals surface area contributed by atoms with Crippen LogP contribution in [0.25, 0.3) is 0 Å². The van der Waals surface area contributed by atoms with Gasteiger partial charge < -0.3 is 10.6 Å². The van der Waals surface area contributed by atoms with E-state index in [1.165, 1.54) is 10.9 Å². The molecule has 0 aliphatic carbocycles. The molecule has 0 radical (unpaired) electrons. The van der Waals surface area contributed by atoms with E-state index in [0.29, 0.717) is 18.7 Å². The van der Waals surface area contributed by atoms with Crippen LogP contribution in [0.2, 0.25) is 0 Å². The Morgan fingerprint density at radius 3 is 2.47 bits per heavy atom. The minimum atomic E-state index is -0.320. The van der Waals surface area contributed by atoms with E-state index >= 15 is 0 Å². The van der Waals surface area contributed by atoms with Crippen LogP contribution in [0.3, 0.4) is 0 Å². The van der Waals surface area contributed by atoms with E-state index in [0.717, 1.165) is 0 Å². The van der Waals surface area contributed by atoms with E-state index < -0.39 is 0 Å². The molecule has 0 aliphatic heterocycles. The Morgan fingerprint density at radius 1 is 1.05 bits per heavy atom. The Kier molecular flexibility index (Phi) is 4.28. The first kappa shape index (κ1) is 12.8. The van der Waals surface area contributed by atoms with E-state index in [4.69, 9.17) is 0 Å². The topological polar surface area (TPSA) is 76.0 Å². The van der Waals surface area contributed by atoms with Crippen LogP contribution in [0.1, 0.15) is 10.4 Å². The summed E-state index contributed by atoms with van der Waals surface area (Å²) in [6, 6.07) is 10.3. The summed E-state index contributed by atoms with van der Waals surface area (Å²) in [6.07, 6.45) is 3.08. The lowest BCUT2D eigenvalue weighted by atomic mass is 10.2. The van der Waals surface area contributed by atoms with Crippen LogP contribution < -0.4 is 10.6 Å². The van der Waals surface area contributed by atoms with Crippen molar-refractivity contribution >= 4 is 11.9 Å². The predicted octanol–water partition coefficient (Wildman–Crippen LogP) is 0.871. The Balaban J connectivity index is 1.70. The van der Waals surface area contributed by atoms with Crippen LogP contribution in [-0.4, -0.2) is 34.8 Å². The van der Waals surface area contributed by atoms with E-state index in [1.54, 1.807) is 36.5 Å². The van der Waals surface area contributed by atoms with Crippen LogP contribution in [-0.2, 0) is 0 Å². The van der Waals surface area contributed by atoms with E-state index in [9.17, 15) is 9.59 Å². The number of benzene rings is 1. The normalized spacial score (nSPS) is 9.89. The molecule has 0 fully saturated rings. The fourth-order valence-electron chi connectivity index (χ4n) is 1.51. The van der Waals surface area contributed by atoms with Crippen LogP contribution in [0, 0.1) is 0 Å². The van der Waals surface area contributed by atoms with Crippen molar-refractivity contribution < 1.29 is 9.59 Å². The molecule has 2 aromatic rings. The van der Waals surface area contributed by atoms with Crippen molar-refractivity contribution in [1.82, 2.24) is 20.4 Å². The fourth-order valence-corrected chi connectivity index (χ4v) is 1.51. The summed E-state index contributed by atoms with van der Waals surface area (Å²) >= 11 is 0. The molecule has 98 valence electrons. The second-order valence-corrected chi connectivity index (χ2v) is 3.80. The molecule has 6 nitrogen and oxygen atoms in total. The van der Waals surface area contributed by atoms with Crippen LogP contribution in [0.4, 0.5) is 4.79 Å². The highest BCUT2D eigenvalue weighted by Gasteiger charge is 2.05. The zero-order chi connectivity index (χ0) is 13.5. The summed E-state index contributed by atoms with van der Waals surface area (Å²) in [4.78, 5) is 23.2. The Morgan fingerprint density at radius 2 is 1.79 bits per heavy atom. The number of hydrogen-bond donors (Lipinski definition) is 2. The zero-order valence-corrected chi connectivity index (χ0v) is 10.2. The maximum atomic E-state index is 11.7. The van der Waals surface area contributed by atoms with Gasteiger partial charge >= 0.3 is 6.03 Å². The monoisotopic (exact) mass is 258 g/mol. The van der Waals surface area contributed by atoms with Gasteiger partial charge in [0, 0.05) is 31.0 Å². The van der Waals surface area contributed by atoms with Crippen LogP contribution in [0.15, 0.2) is 48.8 Å². The van der Waals surface area contributed by atoms with Crippen molar-refractivity contribution in [3.05, 3.63) is 54.4 Å². The molecule has 6 heteroatoms. The lowest BCUT2D eigenvalue weighted by Gasteiger charge is -2.06. The molecule has 0 unspecified atom stereocenters. The average Bonchev–Trinajstić information content (AvgIpc) is 2.98. The van der Waals surface area contributed by atoms with E-state index in [-0.39, 0.29) is 11.9 Å². The number of nitrogens with zero attached hydrogens (tertiary/aromatic N) is 2. The predicted molar refractivity (Wildman–Crippen MR) is 69.8 cm³/mol. The van der Waals surface area contributed by atoms with Crippen molar-refractivity contribution in [1.29, 1.82) is 0 Å². The number of aromatic nitrogens is 2. The summed E-state index contributed by atoms with van der Waals surface area (Å²) < 4.78 is 1.19. The largest absolute Gasteiger partial charge is 0.350 e. The molecule has 2 N–H and O–H groups in total. The molecule has 2 amide bonds. The number of amides is 2. The average molecular weight is 258 g/mol. The minimum Gasteiger partial charge on any atom is -0.350 e. The number of nitrogens with one attached hydrogen (secondary N) is 2. The molecule has 19 heavy (non-hydrogen) atoms. The lowest BCUT2D eigenvalue weighted by molar-refractivity contribution is 0.0954. The summed E-state index contributed by atoms with van der Waals surface area (Å²) in [7, 11) is 0. The van der Waals surface area contributed by atoms with Gasteiger partial charge in [-0.1, -0.05) is 18.2 Å². The SMILES string of the molecule is O=C(NCCNC(=O)n1cccn1)c1ccccc1. The maximum absolute atomic E-state index is 11.7. The Bertz CT molecular complexity index is 537. The molecule has 0 spiro atoms. The molecule has 0 aliphatic rings. The van der Waals surface area contributed by atoms with Crippen LogP contribution >= 0.6 is 0 Å². The van der Waals surface area contributed by atoms with Gasteiger partial charge in [0.05, 0.1) is 0 Å². The number of hydrogen-bond acceptors (Lipinski definition) is 3. The Labute approximate surface area is 110 Å². The highest BCUT2D eigenvalue weighted by molar-refractivity contribution is 5.94. The maximum Gasteiger partial charge on any atom is 0.342 e. The third kappa shape index (κ3) is 3.67. The third-order valence-electron chi connectivity index (χ3n) is 2.44. The van der Waals surface area contributed by atoms with E-state index in [2.05, 4.69) is 15.7 Å². The molecule has 1 aromatic carbocycles. The van der Waals surface area contributed by atoms with Crippen molar-refractivity contribution in [2.45, 2.75) is 0 Å². The van der Waals surface area contributed by atoms with Gasteiger partial charge in [0.1, 0.15) is 0 Å². The third-order valence-corrected chi connectivity index (χ3v) is 2.44. The standard InChI is InChI=1S/C13H14N4O2/c18-12(11-5-2-1-3-6-11)14-8-9-15-13(19)17-10-4-7-16-17/h1-7,10H,8-9H2,(H,14,18)(H,15,19). The second kappa shape index (κ2) is 6.34. The molecule has 0 atom stereocenters. The quantitative estimate of drug-likeness (QED) is 0.799. The summed E-state index contributed by atoms with van der Waals surface area (Å²) in [5.41, 5.74) is 0.598. The number of carbonyl (C=O) groups is 2. The van der Waals surface area contributed by atoms with Crippen molar-refractivity contribution in [2.75, 3.05) is 13.1 Å². The summed E-state index contributed by atoms with van der Waals surface area (Å²) in [6.45, 7) is 0.706. The first-order chi connectivity index (χ1) is 9.27. The summed E-state index contributed by atoms with van der Waals surface area (Å²) in [5.74, 6) is -0.158. The molecule has 0 bridgehead atoms. The lowest BCUT2D eigenvalue weighted by Crippen LogP contribution is -2.36. The molecule has 1 heterocycles. The highest BCUT2D eigenvalue weighted by Crippen LogP contribution is 1.96. The molecular formula is C13H14N4O2. The van der Waals surface area contributed by atoms with Gasteiger partial charge in [-0.05, 0) is 18.2 Å². The zero-order valence-electron chi connectivity index (χ0n) is 10.2. The van der Waals surface area contributed by atoms with Gasteiger partial charge in [-0.3, -0.25) is 4.79 Å². The first-order valence-corrected chi connectivity index (χ1v) is 5.88. The van der Waals surface area contributed by atoms with Gasteiger partial charge in [-0.2, -0.15) is 9.78 Å². The van der Waals surface area contributed by atoms with Gasteiger partial charge in [-0.15, -0.1) is 0 Å². The molecular weight excluding hydrogens is 244 g/mol. The van der Waals surface area contributed by atoms with Crippen LogP contribution in [0.5, 0.6) is 0 Å². The van der Waals surface area contributed by atoms with E-state index in [1.807, 2.05) is 6.07 Å². The molecule has 1 aromatic heterocycles. The first-order valence-electron chi connectivity index (χ1n) is 5.88. The summed E-state index contributed by atoms with van der Waals surface area (Å²) in [5, 5.41) is 9.15. The molecule has 0 saturated heterocycles. The van der Waals surface area contributed by atoms with Gasteiger partial charge in [0.15, 0.2) is 0 Å². The van der Waals surface area contributed by atoms with Crippen molar-refractivity contribution in [3.63, 3.8) is 0 Å². The van der Waals surface area contributed by atoms with Gasteiger partial charge in [-0.25, -0.2) is 4.79 Å². The smallest absolute Gasteiger partial charge is 0.342 e. The van der Waals surface area contributed by atoms with Crippen molar-refractivity contribution in [2.24, 2.45) is 0 Å². The number of carbonyl (C=O) groups excluding carboxylic acids is 2. The second-order valence-electron chi connectivity index (χ2n) is 3.80. The van der Waals surface area contributed by atoms with Gasteiger partial charge in [0.25, 0.3) is 5.91 Å².